The lowest BCUT2D eigenvalue weighted by atomic mass is 9.88. The van der Waals surface area contributed by atoms with Crippen molar-refractivity contribution < 1.29 is 4.74 Å². The van der Waals surface area contributed by atoms with Crippen molar-refractivity contribution in [2.45, 2.75) is 40.3 Å². The van der Waals surface area contributed by atoms with Crippen molar-refractivity contribution in [2.24, 2.45) is 5.41 Å². The Morgan fingerprint density at radius 1 is 1.50 bits per heavy atom. The lowest BCUT2D eigenvalue weighted by Gasteiger charge is -2.27. The van der Waals surface area contributed by atoms with Crippen molar-refractivity contribution >= 4 is 0 Å². The number of aromatic amines is 1. The molecule has 1 rings (SSSR count). The zero-order valence-electron chi connectivity index (χ0n) is 10.9. The fourth-order valence-electron chi connectivity index (χ4n) is 1.73. The van der Waals surface area contributed by atoms with Gasteiger partial charge in [0.1, 0.15) is 11.9 Å². The van der Waals surface area contributed by atoms with Crippen molar-refractivity contribution in [3.63, 3.8) is 0 Å². The van der Waals surface area contributed by atoms with Crippen LogP contribution in [0.1, 0.15) is 45.3 Å². The molecule has 0 aromatic carbocycles. The predicted octanol–water partition coefficient (Wildman–Crippen LogP) is 2.25. The molecule has 4 nitrogen and oxygen atoms in total. The minimum Gasteiger partial charge on any atom is -0.373 e. The molecule has 1 heterocycles. The van der Waals surface area contributed by atoms with Gasteiger partial charge in [-0.3, -0.25) is 0 Å². The van der Waals surface area contributed by atoms with Gasteiger partial charge in [-0.1, -0.05) is 27.7 Å². The van der Waals surface area contributed by atoms with Gasteiger partial charge in [-0.15, -0.1) is 0 Å². The second kappa shape index (κ2) is 5.46. The first-order valence-corrected chi connectivity index (χ1v) is 5.76. The second-order valence-electron chi connectivity index (χ2n) is 5.06. The molecule has 0 spiro atoms. The van der Waals surface area contributed by atoms with Gasteiger partial charge >= 0.3 is 0 Å². The van der Waals surface area contributed by atoms with E-state index in [1.165, 1.54) is 0 Å². The van der Waals surface area contributed by atoms with Gasteiger partial charge in [-0.25, -0.2) is 4.98 Å². The van der Waals surface area contributed by atoms with Crippen LogP contribution in [-0.2, 0) is 11.3 Å². The molecule has 0 aliphatic carbocycles. The molecule has 0 aliphatic heterocycles. The average molecular weight is 225 g/mol. The molecule has 1 atom stereocenters. The maximum Gasteiger partial charge on any atom is 0.136 e. The van der Waals surface area contributed by atoms with E-state index in [0.29, 0.717) is 0 Å². The minimum absolute atomic E-state index is 0.00266. The fraction of sp³-hybridized carbons (Fsp3) is 0.750. The summed E-state index contributed by atoms with van der Waals surface area (Å²) in [4.78, 5) is 7.69. The van der Waals surface area contributed by atoms with Crippen molar-refractivity contribution in [1.29, 1.82) is 0 Å². The Bertz CT molecular complexity index is 314. The number of imidazole rings is 1. The number of H-pyrrole nitrogens is 1. The number of hydrogen-bond donors (Lipinski definition) is 2. The molecule has 1 unspecified atom stereocenters. The van der Waals surface area contributed by atoms with E-state index in [0.717, 1.165) is 24.6 Å². The van der Waals surface area contributed by atoms with Crippen LogP contribution in [0.15, 0.2) is 6.20 Å². The van der Waals surface area contributed by atoms with E-state index in [1.807, 2.05) is 6.20 Å². The van der Waals surface area contributed by atoms with Crippen LogP contribution in [0, 0.1) is 5.41 Å². The molecule has 92 valence electrons. The standard InChI is InChI=1S/C12H23N3O/c1-6-13-7-9-8-14-11(15-9)10(16-5)12(2,3)4/h8,10,13H,6-7H2,1-5H3,(H,14,15). The molecular formula is C12H23N3O. The van der Waals surface area contributed by atoms with E-state index < -0.39 is 0 Å². The van der Waals surface area contributed by atoms with E-state index in [-0.39, 0.29) is 11.5 Å². The number of rotatable bonds is 5. The van der Waals surface area contributed by atoms with Crippen LogP contribution in [0.3, 0.4) is 0 Å². The van der Waals surface area contributed by atoms with Gasteiger partial charge in [0.15, 0.2) is 0 Å². The summed E-state index contributed by atoms with van der Waals surface area (Å²) < 4.78 is 5.50. The largest absolute Gasteiger partial charge is 0.373 e. The van der Waals surface area contributed by atoms with E-state index >= 15 is 0 Å². The molecule has 0 saturated carbocycles. The number of ether oxygens (including phenoxy) is 1. The normalized spacial score (nSPS) is 14.1. The van der Waals surface area contributed by atoms with Crippen LogP contribution in [-0.4, -0.2) is 23.6 Å². The Labute approximate surface area is 97.8 Å². The molecule has 0 aliphatic rings. The van der Waals surface area contributed by atoms with Gasteiger partial charge < -0.3 is 15.0 Å². The number of hydrogen-bond acceptors (Lipinski definition) is 3. The summed E-state index contributed by atoms with van der Waals surface area (Å²) in [6.45, 7) is 10.3. The van der Waals surface area contributed by atoms with Crippen molar-refractivity contribution in [3.8, 4) is 0 Å². The van der Waals surface area contributed by atoms with Crippen LogP contribution >= 0.6 is 0 Å². The summed E-state index contributed by atoms with van der Waals surface area (Å²) in [7, 11) is 1.72. The molecule has 1 aromatic rings. The lowest BCUT2D eigenvalue weighted by molar-refractivity contribution is 0.00919. The maximum atomic E-state index is 5.50. The Hall–Kier alpha value is -0.870. The minimum atomic E-state index is 0.00266. The molecule has 16 heavy (non-hydrogen) atoms. The quantitative estimate of drug-likeness (QED) is 0.808. The Morgan fingerprint density at radius 2 is 2.19 bits per heavy atom. The molecule has 1 aromatic heterocycles. The first kappa shape index (κ1) is 13.2. The smallest absolute Gasteiger partial charge is 0.136 e. The molecule has 0 fully saturated rings. The third-order valence-corrected chi connectivity index (χ3v) is 2.48. The van der Waals surface area contributed by atoms with Gasteiger partial charge in [0.2, 0.25) is 0 Å². The molecule has 0 amide bonds. The highest BCUT2D eigenvalue weighted by atomic mass is 16.5. The SMILES string of the molecule is CCNCc1cnc(C(OC)C(C)(C)C)[nH]1. The number of nitrogens with one attached hydrogen (secondary N) is 2. The van der Waals surface area contributed by atoms with Crippen LogP contribution in [0.5, 0.6) is 0 Å². The van der Waals surface area contributed by atoms with Crippen molar-refractivity contribution in [1.82, 2.24) is 15.3 Å². The molecule has 0 radical (unpaired) electrons. The highest BCUT2D eigenvalue weighted by molar-refractivity contribution is 5.05. The van der Waals surface area contributed by atoms with Gasteiger partial charge in [-0.05, 0) is 12.0 Å². The molecule has 0 bridgehead atoms. The number of aromatic nitrogens is 2. The zero-order chi connectivity index (χ0) is 12.2. The highest BCUT2D eigenvalue weighted by Crippen LogP contribution is 2.33. The second-order valence-corrected chi connectivity index (χ2v) is 5.06. The van der Waals surface area contributed by atoms with Crippen LogP contribution in [0.25, 0.3) is 0 Å². The molecule has 2 N–H and O–H groups in total. The number of nitrogens with zero attached hydrogens (tertiary/aromatic N) is 1. The summed E-state index contributed by atoms with van der Waals surface area (Å²) in [5.41, 5.74) is 1.14. The van der Waals surface area contributed by atoms with Crippen LogP contribution in [0.2, 0.25) is 0 Å². The van der Waals surface area contributed by atoms with Crippen LogP contribution in [0.4, 0.5) is 0 Å². The summed E-state index contributed by atoms with van der Waals surface area (Å²) >= 11 is 0. The summed E-state index contributed by atoms with van der Waals surface area (Å²) in [6, 6.07) is 0. The summed E-state index contributed by atoms with van der Waals surface area (Å²) in [5, 5.41) is 3.26. The van der Waals surface area contributed by atoms with E-state index in [2.05, 4.69) is 43.0 Å². The van der Waals surface area contributed by atoms with Gasteiger partial charge in [0.05, 0.1) is 0 Å². The molecular weight excluding hydrogens is 202 g/mol. The fourth-order valence-corrected chi connectivity index (χ4v) is 1.73. The van der Waals surface area contributed by atoms with Gasteiger partial charge in [-0.2, -0.15) is 0 Å². The zero-order valence-corrected chi connectivity index (χ0v) is 10.9. The Kier molecular flexibility index (Phi) is 4.50. The third-order valence-electron chi connectivity index (χ3n) is 2.48. The highest BCUT2D eigenvalue weighted by Gasteiger charge is 2.28. The van der Waals surface area contributed by atoms with Crippen molar-refractivity contribution in [3.05, 3.63) is 17.7 Å². The summed E-state index contributed by atoms with van der Waals surface area (Å²) in [5.74, 6) is 0.905. The average Bonchev–Trinajstić information content (AvgIpc) is 2.62. The third kappa shape index (κ3) is 3.32. The lowest BCUT2D eigenvalue weighted by Crippen LogP contribution is -2.21. The van der Waals surface area contributed by atoms with Gasteiger partial charge in [0.25, 0.3) is 0 Å². The van der Waals surface area contributed by atoms with Crippen molar-refractivity contribution in [2.75, 3.05) is 13.7 Å². The monoisotopic (exact) mass is 225 g/mol. The Morgan fingerprint density at radius 3 is 2.69 bits per heavy atom. The maximum absolute atomic E-state index is 5.50. The topological polar surface area (TPSA) is 49.9 Å². The number of methoxy groups -OCH3 is 1. The van der Waals surface area contributed by atoms with Gasteiger partial charge in [0, 0.05) is 25.5 Å². The molecule has 0 saturated heterocycles. The van der Waals surface area contributed by atoms with E-state index in [4.69, 9.17) is 4.74 Å². The predicted molar refractivity (Wildman–Crippen MR) is 65.2 cm³/mol. The van der Waals surface area contributed by atoms with Crippen LogP contribution < -0.4 is 5.32 Å². The van der Waals surface area contributed by atoms with E-state index in [1.54, 1.807) is 7.11 Å². The van der Waals surface area contributed by atoms with E-state index in [9.17, 15) is 0 Å². The first-order chi connectivity index (χ1) is 7.49. The Balaban J connectivity index is 2.75. The summed E-state index contributed by atoms with van der Waals surface area (Å²) in [6.07, 6.45) is 1.87. The molecule has 4 heteroatoms. The first-order valence-electron chi connectivity index (χ1n) is 5.76.